The van der Waals surface area contributed by atoms with Gasteiger partial charge in [-0.05, 0) is 45.7 Å². The Morgan fingerprint density at radius 1 is 1.09 bits per heavy atom. The molecule has 1 N–H and O–H groups in total. The van der Waals surface area contributed by atoms with Gasteiger partial charge in [-0.15, -0.1) is 0 Å². The summed E-state index contributed by atoms with van der Waals surface area (Å²) in [6, 6.07) is 9.19. The molecule has 2 aliphatic rings. The molecule has 2 saturated heterocycles. The molecule has 0 spiro atoms. The van der Waals surface area contributed by atoms with Crippen LogP contribution < -0.4 is 10.2 Å². The van der Waals surface area contributed by atoms with Crippen LogP contribution in [0.4, 0.5) is 16.3 Å². The summed E-state index contributed by atoms with van der Waals surface area (Å²) < 4.78 is 10.9. The van der Waals surface area contributed by atoms with Crippen LogP contribution >= 0.6 is 11.6 Å². The molecule has 0 saturated carbocycles. The summed E-state index contributed by atoms with van der Waals surface area (Å²) in [4.78, 5) is 38.1. The van der Waals surface area contributed by atoms with Crippen molar-refractivity contribution in [1.29, 1.82) is 0 Å². The molecule has 2 amide bonds. The van der Waals surface area contributed by atoms with Crippen LogP contribution in [0.5, 0.6) is 0 Å². The van der Waals surface area contributed by atoms with Gasteiger partial charge < -0.3 is 24.6 Å². The second-order valence-electron chi connectivity index (χ2n) is 9.78. The number of hydrogen-bond acceptors (Lipinski definition) is 7. The van der Waals surface area contributed by atoms with Crippen molar-refractivity contribution in [3.8, 4) is 11.4 Å². The number of halogens is 1. The molecular weight excluding hydrogens is 470 g/mol. The lowest BCUT2D eigenvalue weighted by Crippen LogP contribution is -2.43. The second-order valence-corrected chi connectivity index (χ2v) is 10.2. The van der Waals surface area contributed by atoms with Crippen molar-refractivity contribution in [2.24, 2.45) is 5.92 Å². The fourth-order valence-corrected chi connectivity index (χ4v) is 4.30. The number of carbonyl (C=O) groups excluding carboxylic acids is 2. The number of benzene rings is 1. The average Bonchev–Trinajstić information content (AvgIpc) is 2.83. The quantitative estimate of drug-likeness (QED) is 0.626. The number of amides is 2. The summed E-state index contributed by atoms with van der Waals surface area (Å²) in [6.07, 6.45) is 0.845. The highest BCUT2D eigenvalue weighted by Crippen LogP contribution is 2.26. The molecule has 0 atom stereocenters. The molecular formula is C25H32ClN5O4. The van der Waals surface area contributed by atoms with Gasteiger partial charge in [-0.2, -0.15) is 0 Å². The number of morpholine rings is 1. The highest BCUT2D eigenvalue weighted by Gasteiger charge is 2.30. The van der Waals surface area contributed by atoms with Crippen molar-refractivity contribution in [3.63, 3.8) is 0 Å². The number of hydrogen-bond donors (Lipinski definition) is 1. The van der Waals surface area contributed by atoms with Gasteiger partial charge in [-0.3, -0.25) is 4.79 Å². The van der Waals surface area contributed by atoms with Gasteiger partial charge in [0.1, 0.15) is 16.6 Å². The number of nitrogens with zero attached hydrogens (tertiary/aromatic N) is 4. The minimum atomic E-state index is -0.536. The molecule has 9 nitrogen and oxygen atoms in total. The molecule has 0 bridgehead atoms. The van der Waals surface area contributed by atoms with E-state index in [1.165, 1.54) is 0 Å². The molecule has 2 fully saturated rings. The van der Waals surface area contributed by atoms with Crippen LogP contribution in [0.3, 0.4) is 0 Å². The van der Waals surface area contributed by atoms with Crippen molar-refractivity contribution < 1.29 is 19.1 Å². The Morgan fingerprint density at radius 2 is 1.80 bits per heavy atom. The van der Waals surface area contributed by atoms with Gasteiger partial charge in [0.2, 0.25) is 5.91 Å². The topological polar surface area (TPSA) is 96.9 Å². The molecule has 1 aromatic heterocycles. The Bertz CT molecular complexity index is 1060. The monoisotopic (exact) mass is 501 g/mol. The van der Waals surface area contributed by atoms with Crippen LogP contribution in [-0.4, -0.2) is 71.9 Å². The molecule has 188 valence electrons. The van der Waals surface area contributed by atoms with E-state index in [0.717, 1.165) is 24.5 Å². The van der Waals surface area contributed by atoms with E-state index in [1.54, 1.807) is 11.0 Å². The van der Waals surface area contributed by atoms with Crippen molar-refractivity contribution in [2.75, 3.05) is 49.6 Å². The number of ether oxygens (including phenoxy) is 2. The van der Waals surface area contributed by atoms with Gasteiger partial charge in [-0.25, -0.2) is 14.8 Å². The molecule has 0 radical (unpaired) electrons. The summed E-state index contributed by atoms with van der Waals surface area (Å²) in [5, 5.41) is 3.37. The highest BCUT2D eigenvalue weighted by molar-refractivity contribution is 6.29. The fourth-order valence-electron chi connectivity index (χ4n) is 4.12. The molecule has 0 unspecified atom stereocenters. The third kappa shape index (κ3) is 6.82. The van der Waals surface area contributed by atoms with Crippen LogP contribution in [0, 0.1) is 5.92 Å². The van der Waals surface area contributed by atoms with Gasteiger partial charge >= 0.3 is 6.09 Å². The van der Waals surface area contributed by atoms with Crippen LogP contribution in [-0.2, 0) is 14.3 Å². The minimum absolute atomic E-state index is 0.0630. The molecule has 2 aliphatic heterocycles. The van der Waals surface area contributed by atoms with Gasteiger partial charge in [0.15, 0.2) is 5.82 Å². The number of likely N-dealkylation sites (tertiary alicyclic amines) is 1. The van der Waals surface area contributed by atoms with Gasteiger partial charge in [0.25, 0.3) is 0 Å². The first-order valence-corrected chi connectivity index (χ1v) is 12.3. The summed E-state index contributed by atoms with van der Waals surface area (Å²) in [7, 11) is 0. The number of piperidine rings is 1. The van der Waals surface area contributed by atoms with Crippen molar-refractivity contribution in [1.82, 2.24) is 14.9 Å². The lowest BCUT2D eigenvalue weighted by molar-refractivity contribution is -0.121. The zero-order valence-corrected chi connectivity index (χ0v) is 21.2. The summed E-state index contributed by atoms with van der Waals surface area (Å²) >= 11 is 6.30. The maximum absolute atomic E-state index is 12.9. The Kier molecular flexibility index (Phi) is 7.76. The van der Waals surface area contributed by atoms with E-state index >= 15 is 0 Å². The third-order valence-corrected chi connectivity index (χ3v) is 6.12. The smallest absolute Gasteiger partial charge is 0.410 e. The second kappa shape index (κ2) is 10.8. The summed E-state index contributed by atoms with van der Waals surface area (Å²) in [5.74, 6) is 1.02. The van der Waals surface area contributed by atoms with E-state index in [2.05, 4.69) is 15.2 Å². The third-order valence-electron chi connectivity index (χ3n) is 5.92. The lowest BCUT2D eigenvalue weighted by Gasteiger charge is -2.32. The van der Waals surface area contributed by atoms with E-state index in [1.807, 2.05) is 45.0 Å². The van der Waals surface area contributed by atoms with E-state index in [-0.39, 0.29) is 17.9 Å². The molecule has 35 heavy (non-hydrogen) atoms. The number of anilines is 2. The normalized spacial score (nSPS) is 17.3. The highest BCUT2D eigenvalue weighted by atomic mass is 35.5. The molecule has 1 aromatic carbocycles. The standard InChI is InChI=1S/C25H32ClN5O4/c1-25(2,3)35-24(33)31-9-7-17(8-10-31)23(32)27-19-6-4-5-18(15-19)22-28-20(26)16-21(29-22)30-11-13-34-14-12-30/h4-6,15-17H,7-14H2,1-3H3,(H,27,32). The summed E-state index contributed by atoms with van der Waals surface area (Å²) in [5.41, 5.74) is 0.893. The van der Waals surface area contributed by atoms with E-state index < -0.39 is 5.60 Å². The fraction of sp³-hybridized carbons (Fsp3) is 0.520. The van der Waals surface area contributed by atoms with Crippen LogP contribution in [0.25, 0.3) is 11.4 Å². The zero-order valence-electron chi connectivity index (χ0n) is 20.4. The number of rotatable bonds is 4. The summed E-state index contributed by atoms with van der Waals surface area (Å²) in [6.45, 7) is 9.31. The number of carbonyl (C=O) groups is 2. The Hall–Kier alpha value is -2.91. The largest absolute Gasteiger partial charge is 0.444 e. The Morgan fingerprint density at radius 3 is 2.49 bits per heavy atom. The first-order valence-electron chi connectivity index (χ1n) is 11.9. The van der Waals surface area contributed by atoms with Crippen molar-refractivity contribution in [3.05, 3.63) is 35.5 Å². The van der Waals surface area contributed by atoms with Gasteiger partial charge in [-0.1, -0.05) is 23.7 Å². The predicted molar refractivity (Wildman–Crippen MR) is 135 cm³/mol. The number of aromatic nitrogens is 2. The Labute approximate surface area is 210 Å². The first-order chi connectivity index (χ1) is 16.7. The maximum Gasteiger partial charge on any atom is 0.410 e. The van der Waals surface area contributed by atoms with Crippen LogP contribution in [0.2, 0.25) is 5.15 Å². The van der Waals surface area contributed by atoms with Crippen LogP contribution in [0.1, 0.15) is 33.6 Å². The first kappa shape index (κ1) is 25.2. The van der Waals surface area contributed by atoms with Crippen LogP contribution in [0.15, 0.2) is 30.3 Å². The predicted octanol–water partition coefficient (Wildman–Crippen LogP) is 4.22. The molecule has 3 heterocycles. The van der Waals surface area contributed by atoms with E-state index in [4.69, 9.17) is 26.1 Å². The van der Waals surface area contributed by atoms with Gasteiger partial charge in [0, 0.05) is 49.4 Å². The molecule has 4 rings (SSSR count). The van der Waals surface area contributed by atoms with Crippen molar-refractivity contribution in [2.45, 2.75) is 39.2 Å². The average molecular weight is 502 g/mol. The lowest BCUT2D eigenvalue weighted by atomic mass is 9.96. The zero-order chi connectivity index (χ0) is 25.0. The maximum atomic E-state index is 12.9. The number of nitrogens with one attached hydrogen (secondary N) is 1. The Balaban J connectivity index is 1.39. The minimum Gasteiger partial charge on any atom is -0.444 e. The molecule has 0 aliphatic carbocycles. The SMILES string of the molecule is CC(C)(C)OC(=O)N1CCC(C(=O)Nc2cccc(-c3nc(Cl)cc(N4CCOCC4)n3)c2)CC1. The van der Waals surface area contributed by atoms with E-state index in [9.17, 15) is 9.59 Å². The van der Waals surface area contributed by atoms with E-state index in [0.29, 0.717) is 55.8 Å². The molecule has 10 heteroatoms. The molecule has 2 aromatic rings. The van der Waals surface area contributed by atoms with Gasteiger partial charge in [0.05, 0.1) is 13.2 Å². The van der Waals surface area contributed by atoms with Crippen molar-refractivity contribution >= 4 is 35.1 Å².